The van der Waals surface area contributed by atoms with Crippen LogP contribution in [0.2, 0.25) is 0 Å². The lowest BCUT2D eigenvalue weighted by Gasteiger charge is -2.15. The van der Waals surface area contributed by atoms with Gasteiger partial charge in [-0.25, -0.2) is 18.4 Å². The standard InChI is InChI=1S/C24H19F6N5O3S/c1-38-19-9-4-14(10-16(19)24(28,29)30)17-7-8-18-20(33-17)21(32-12-23(25,26)27)35-22(34-18)31-11-13-2-5-15(6-3-13)39(36)37/h2-10,39H,11-12H2,1H3,(H2,31,32,34,35). The summed E-state index contributed by atoms with van der Waals surface area (Å²) in [6.07, 6.45) is -9.31. The summed E-state index contributed by atoms with van der Waals surface area (Å²) in [6, 6.07) is 12.0. The van der Waals surface area contributed by atoms with Crippen LogP contribution in [0.3, 0.4) is 0 Å². The summed E-state index contributed by atoms with van der Waals surface area (Å²) in [4.78, 5) is 12.7. The van der Waals surface area contributed by atoms with E-state index in [-0.39, 0.29) is 45.5 Å². The molecule has 0 aliphatic carbocycles. The molecule has 0 saturated carbocycles. The van der Waals surface area contributed by atoms with E-state index in [9.17, 15) is 34.8 Å². The van der Waals surface area contributed by atoms with Crippen molar-refractivity contribution in [2.75, 3.05) is 24.3 Å². The summed E-state index contributed by atoms with van der Waals surface area (Å²) in [5, 5.41) is 5.03. The van der Waals surface area contributed by atoms with Crippen molar-refractivity contribution in [3.8, 4) is 17.0 Å². The van der Waals surface area contributed by atoms with E-state index >= 15 is 0 Å². The highest BCUT2D eigenvalue weighted by Crippen LogP contribution is 2.38. The summed E-state index contributed by atoms with van der Waals surface area (Å²) < 4.78 is 106. The molecule has 4 rings (SSSR count). The number of anilines is 2. The van der Waals surface area contributed by atoms with Gasteiger partial charge in [0, 0.05) is 12.1 Å². The molecule has 8 nitrogen and oxygen atoms in total. The molecule has 39 heavy (non-hydrogen) atoms. The molecule has 15 heteroatoms. The van der Waals surface area contributed by atoms with Crippen molar-refractivity contribution in [2.24, 2.45) is 0 Å². The fraction of sp³-hybridized carbons (Fsp3) is 0.208. The lowest BCUT2D eigenvalue weighted by Crippen LogP contribution is -2.22. The lowest BCUT2D eigenvalue weighted by atomic mass is 10.1. The molecule has 0 saturated heterocycles. The van der Waals surface area contributed by atoms with Crippen LogP contribution in [0.25, 0.3) is 22.3 Å². The van der Waals surface area contributed by atoms with Crippen molar-refractivity contribution < 1.29 is 39.5 Å². The number of benzene rings is 2. The highest BCUT2D eigenvalue weighted by molar-refractivity contribution is 7.72. The van der Waals surface area contributed by atoms with E-state index in [1.54, 1.807) is 12.1 Å². The molecule has 0 bridgehead atoms. The van der Waals surface area contributed by atoms with Crippen LogP contribution in [0.1, 0.15) is 11.1 Å². The van der Waals surface area contributed by atoms with Gasteiger partial charge in [0.15, 0.2) is 16.5 Å². The summed E-state index contributed by atoms with van der Waals surface area (Å²) in [6.45, 7) is -1.32. The second-order valence-electron chi connectivity index (χ2n) is 8.12. The Labute approximate surface area is 219 Å². The number of halogens is 6. The van der Waals surface area contributed by atoms with Gasteiger partial charge in [0.2, 0.25) is 5.95 Å². The minimum atomic E-state index is -4.71. The number of fused-ring (bicyclic) bond motifs is 1. The second-order valence-corrected chi connectivity index (χ2v) is 9.15. The molecule has 0 amide bonds. The predicted molar refractivity (Wildman–Crippen MR) is 131 cm³/mol. The molecular weight excluding hydrogens is 552 g/mol. The quantitative estimate of drug-likeness (QED) is 0.194. The topological polar surface area (TPSA) is 106 Å². The Morgan fingerprint density at radius 1 is 0.872 bits per heavy atom. The van der Waals surface area contributed by atoms with Gasteiger partial charge in [0.1, 0.15) is 17.8 Å². The first-order valence-electron chi connectivity index (χ1n) is 11.1. The van der Waals surface area contributed by atoms with Gasteiger partial charge < -0.3 is 15.4 Å². The van der Waals surface area contributed by atoms with Crippen molar-refractivity contribution in [2.45, 2.75) is 23.8 Å². The number of hydrogen-bond acceptors (Lipinski definition) is 8. The number of thiol groups is 1. The Balaban J connectivity index is 1.71. The van der Waals surface area contributed by atoms with Gasteiger partial charge >= 0.3 is 12.4 Å². The van der Waals surface area contributed by atoms with E-state index in [1.807, 2.05) is 0 Å². The SMILES string of the molecule is COc1ccc(-c2ccc3nc(NCc4ccc([SH](=O)=O)cc4)nc(NCC(F)(F)F)c3n2)cc1C(F)(F)F. The largest absolute Gasteiger partial charge is 0.496 e. The van der Waals surface area contributed by atoms with E-state index in [0.29, 0.717) is 5.56 Å². The monoisotopic (exact) mass is 571 g/mol. The Kier molecular flexibility index (Phi) is 7.81. The predicted octanol–water partition coefficient (Wildman–Crippen LogP) is 5.28. The molecule has 2 N–H and O–H groups in total. The third kappa shape index (κ3) is 6.85. The number of methoxy groups -OCH3 is 1. The third-order valence-corrected chi connectivity index (χ3v) is 6.12. The van der Waals surface area contributed by atoms with E-state index < -0.39 is 40.9 Å². The van der Waals surface area contributed by atoms with Crippen molar-refractivity contribution in [3.63, 3.8) is 0 Å². The third-order valence-electron chi connectivity index (χ3n) is 5.40. The van der Waals surface area contributed by atoms with Crippen LogP contribution in [0.15, 0.2) is 59.5 Å². The van der Waals surface area contributed by atoms with Crippen LogP contribution >= 0.6 is 0 Å². The number of nitrogens with zero attached hydrogens (tertiary/aromatic N) is 3. The van der Waals surface area contributed by atoms with Gasteiger partial charge in [-0.3, -0.25) is 0 Å². The van der Waals surface area contributed by atoms with Gasteiger partial charge in [-0.15, -0.1) is 0 Å². The summed E-state index contributed by atoms with van der Waals surface area (Å²) >= 11 is 0. The average molecular weight is 572 g/mol. The Morgan fingerprint density at radius 2 is 1.59 bits per heavy atom. The smallest absolute Gasteiger partial charge is 0.419 e. The Bertz CT molecular complexity index is 1570. The van der Waals surface area contributed by atoms with Gasteiger partial charge in [0.05, 0.1) is 28.8 Å². The van der Waals surface area contributed by atoms with E-state index in [1.165, 1.54) is 30.3 Å². The maximum Gasteiger partial charge on any atom is 0.419 e. The van der Waals surface area contributed by atoms with Crippen molar-refractivity contribution >= 4 is 33.5 Å². The average Bonchev–Trinajstić information content (AvgIpc) is 2.89. The normalized spacial score (nSPS) is 12.1. The maximum atomic E-state index is 13.5. The highest BCUT2D eigenvalue weighted by atomic mass is 32.2. The number of hydrogen-bond donors (Lipinski definition) is 3. The minimum absolute atomic E-state index is 0.0480. The van der Waals surface area contributed by atoms with Crippen LogP contribution in [0.5, 0.6) is 5.75 Å². The Hall–Kier alpha value is -4.14. The first-order chi connectivity index (χ1) is 18.3. The molecule has 2 aromatic heterocycles. The zero-order valence-corrected chi connectivity index (χ0v) is 20.8. The molecule has 0 atom stereocenters. The number of aromatic nitrogens is 3. The molecule has 0 radical (unpaired) electrons. The molecule has 0 spiro atoms. The zero-order chi connectivity index (χ0) is 28.4. The number of rotatable bonds is 8. The summed E-state index contributed by atoms with van der Waals surface area (Å²) in [5.74, 6) is -0.732. The maximum absolute atomic E-state index is 13.5. The summed E-state index contributed by atoms with van der Waals surface area (Å²) in [5.41, 5.74) is -0.244. The van der Waals surface area contributed by atoms with Crippen LogP contribution in [0.4, 0.5) is 38.1 Å². The van der Waals surface area contributed by atoms with Gasteiger partial charge in [-0.2, -0.15) is 31.3 Å². The second kappa shape index (κ2) is 10.9. The first kappa shape index (κ1) is 27.9. The zero-order valence-electron chi connectivity index (χ0n) is 19.9. The molecule has 2 heterocycles. The number of nitrogens with one attached hydrogen (secondary N) is 2. The number of alkyl halides is 6. The number of pyridine rings is 1. The molecule has 206 valence electrons. The van der Waals surface area contributed by atoms with Crippen molar-refractivity contribution in [1.82, 2.24) is 15.0 Å². The molecule has 4 aromatic rings. The van der Waals surface area contributed by atoms with E-state index in [0.717, 1.165) is 19.2 Å². The molecule has 2 aromatic carbocycles. The van der Waals surface area contributed by atoms with E-state index in [4.69, 9.17) is 4.74 Å². The molecular formula is C24H19F6N5O3S. The van der Waals surface area contributed by atoms with Crippen molar-refractivity contribution in [1.29, 1.82) is 0 Å². The van der Waals surface area contributed by atoms with Gasteiger partial charge in [-0.1, -0.05) is 12.1 Å². The molecule has 0 aliphatic rings. The Morgan fingerprint density at radius 3 is 2.21 bits per heavy atom. The van der Waals surface area contributed by atoms with E-state index in [2.05, 4.69) is 25.6 Å². The summed E-state index contributed by atoms with van der Waals surface area (Å²) in [7, 11) is -1.64. The van der Waals surface area contributed by atoms with Crippen LogP contribution in [0, 0.1) is 0 Å². The van der Waals surface area contributed by atoms with Gasteiger partial charge in [0.25, 0.3) is 0 Å². The van der Waals surface area contributed by atoms with Crippen molar-refractivity contribution in [3.05, 3.63) is 65.7 Å². The first-order valence-corrected chi connectivity index (χ1v) is 12.2. The van der Waals surface area contributed by atoms with Crippen LogP contribution in [-0.4, -0.2) is 43.2 Å². The van der Waals surface area contributed by atoms with Crippen LogP contribution in [-0.2, 0) is 23.4 Å². The number of ether oxygens (including phenoxy) is 1. The molecule has 0 unspecified atom stereocenters. The highest BCUT2D eigenvalue weighted by Gasteiger charge is 2.34. The minimum Gasteiger partial charge on any atom is -0.496 e. The molecule has 0 aliphatic heterocycles. The lowest BCUT2D eigenvalue weighted by molar-refractivity contribution is -0.138. The van der Waals surface area contributed by atoms with Crippen LogP contribution < -0.4 is 15.4 Å². The molecule has 0 fully saturated rings. The fourth-order valence-corrected chi connectivity index (χ4v) is 3.96. The van der Waals surface area contributed by atoms with Gasteiger partial charge in [-0.05, 0) is 48.0 Å². The fourth-order valence-electron chi connectivity index (χ4n) is 3.57.